The van der Waals surface area contributed by atoms with Crippen molar-refractivity contribution >= 4 is 0 Å². The molecule has 2 rings (SSSR count). The van der Waals surface area contributed by atoms with Gasteiger partial charge >= 0.3 is 0 Å². The van der Waals surface area contributed by atoms with E-state index < -0.39 is 0 Å². The van der Waals surface area contributed by atoms with E-state index in [1.807, 2.05) is 0 Å². The summed E-state index contributed by atoms with van der Waals surface area (Å²) in [6.07, 6.45) is 2.89. The Kier molecular flexibility index (Phi) is 2.04. The molecule has 1 aliphatic rings. The normalized spacial score (nSPS) is 26.1. The summed E-state index contributed by atoms with van der Waals surface area (Å²) in [6.45, 7) is 4.21. The molecule has 0 aromatic carbocycles. The van der Waals surface area contributed by atoms with E-state index in [1.54, 1.807) is 6.33 Å². The topological polar surface area (TPSA) is 46.0 Å². The SMILES string of the molecule is CCc1ncnc2c1[C@H](C)C[C@H]2O. The molecule has 0 saturated carbocycles. The lowest BCUT2D eigenvalue weighted by atomic mass is 10.0. The Hall–Kier alpha value is -0.960. The van der Waals surface area contributed by atoms with Crippen molar-refractivity contribution in [2.75, 3.05) is 0 Å². The number of fused-ring (bicyclic) bond motifs is 1. The summed E-state index contributed by atoms with van der Waals surface area (Å²) < 4.78 is 0. The fraction of sp³-hybridized carbons (Fsp3) is 0.600. The van der Waals surface area contributed by atoms with Gasteiger partial charge in [-0.25, -0.2) is 9.97 Å². The van der Waals surface area contributed by atoms with Crippen LogP contribution in [-0.2, 0) is 6.42 Å². The minimum atomic E-state index is -0.377. The Morgan fingerprint density at radius 3 is 3.00 bits per heavy atom. The molecule has 13 heavy (non-hydrogen) atoms. The number of aliphatic hydroxyl groups is 1. The Bertz CT molecular complexity index is 325. The second kappa shape index (κ2) is 3.07. The average molecular weight is 178 g/mol. The molecule has 1 aromatic heterocycles. The Labute approximate surface area is 77.8 Å². The molecular formula is C10H14N2O. The van der Waals surface area contributed by atoms with Crippen molar-refractivity contribution in [1.82, 2.24) is 9.97 Å². The molecule has 0 spiro atoms. The first kappa shape index (κ1) is 8.63. The first-order valence-corrected chi connectivity index (χ1v) is 4.75. The van der Waals surface area contributed by atoms with E-state index in [-0.39, 0.29) is 6.10 Å². The molecule has 1 heterocycles. The van der Waals surface area contributed by atoms with Gasteiger partial charge in [-0.15, -0.1) is 0 Å². The zero-order chi connectivity index (χ0) is 9.42. The Morgan fingerprint density at radius 1 is 1.54 bits per heavy atom. The van der Waals surface area contributed by atoms with Gasteiger partial charge in [0.2, 0.25) is 0 Å². The van der Waals surface area contributed by atoms with Gasteiger partial charge in [0.25, 0.3) is 0 Å². The smallest absolute Gasteiger partial charge is 0.116 e. The molecule has 0 aliphatic heterocycles. The van der Waals surface area contributed by atoms with E-state index in [1.165, 1.54) is 5.56 Å². The molecule has 0 radical (unpaired) electrons. The highest BCUT2D eigenvalue weighted by atomic mass is 16.3. The third-order valence-electron chi connectivity index (χ3n) is 2.72. The van der Waals surface area contributed by atoms with Gasteiger partial charge in [0, 0.05) is 11.3 Å². The number of aliphatic hydroxyl groups excluding tert-OH is 1. The second-order valence-electron chi connectivity index (χ2n) is 3.63. The maximum absolute atomic E-state index is 9.68. The van der Waals surface area contributed by atoms with Gasteiger partial charge < -0.3 is 5.11 Å². The number of rotatable bonds is 1. The highest BCUT2D eigenvalue weighted by Crippen LogP contribution is 2.39. The number of aryl methyl sites for hydroxylation is 1. The summed E-state index contributed by atoms with van der Waals surface area (Å²) in [6, 6.07) is 0. The van der Waals surface area contributed by atoms with Crippen LogP contribution in [-0.4, -0.2) is 15.1 Å². The summed E-state index contributed by atoms with van der Waals surface area (Å²) in [5, 5.41) is 9.68. The standard InChI is InChI=1S/C10H14N2O/c1-3-7-9-6(2)4-8(13)10(9)12-5-11-7/h5-6,8,13H,3-4H2,1-2H3/t6-,8-/m1/s1. The Balaban J connectivity index is 2.55. The van der Waals surface area contributed by atoms with Crippen molar-refractivity contribution in [3.05, 3.63) is 23.3 Å². The molecule has 1 aliphatic carbocycles. The quantitative estimate of drug-likeness (QED) is 0.710. The third-order valence-corrected chi connectivity index (χ3v) is 2.72. The molecule has 0 unspecified atom stereocenters. The van der Waals surface area contributed by atoms with E-state index in [9.17, 15) is 5.11 Å². The first-order valence-electron chi connectivity index (χ1n) is 4.75. The Morgan fingerprint density at radius 2 is 2.31 bits per heavy atom. The van der Waals surface area contributed by atoms with Gasteiger partial charge in [0.15, 0.2) is 0 Å². The van der Waals surface area contributed by atoms with Crippen LogP contribution in [0.4, 0.5) is 0 Å². The summed E-state index contributed by atoms with van der Waals surface area (Å²) in [5.74, 6) is 0.404. The van der Waals surface area contributed by atoms with Crippen LogP contribution in [0.5, 0.6) is 0 Å². The van der Waals surface area contributed by atoms with E-state index in [2.05, 4.69) is 23.8 Å². The van der Waals surface area contributed by atoms with Crippen LogP contribution in [0.25, 0.3) is 0 Å². The molecule has 1 N–H and O–H groups in total. The van der Waals surface area contributed by atoms with E-state index >= 15 is 0 Å². The molecule has 3 nitrogen and oxygen atoms in total. The van der Waals surface area contributed by atoms with Crippen LogP contribution in [0.3, 0.4) is 0 Å². The van der Waals surface area contributed by atoms with Gasteiger partial charge in [0.1, 0.15) is 6.33 Å². The zero-order valence-electron chi connectivity index (χ0n) is 7.99. The van der Waals surface area contributed by atoms with Gasteiger partial charge in [-0.3, -0.25) is 0 Å². The minimum Gasteiger partial charge on any atom is -0.387 e. The summed E-state index contributed by atoms with van der Waals surface area (Å²) in [7, 11) is 0. The fourth-order valence-electron chi connectivity index (χ4n) is 2.10. The molecular weight excluding hydrogens is 164 g/mol. The fourth-order valence-corrected chi connectivity index (χ4v) is 2.10. The van der Waals surface area contributed by atoms with Crippen LogP contribution < -0.4 is 0 Å². The number of hydrogen-bond acceptors (Lipinski definition) is 3. The highest BCUT2D eigenvalue weighted by Gasteiger charge is 2.30. The number of aromatic nitrogens is 2. The van der Waals surface area contributed by atoms with Crippen LogP contribution in [0.15, 0.2) is 6.33 Å². The lowest BCUT2D eigenvalue weighted by Crippen LogP contribution is -2.01. The molecule has 1 aromatic rings. The molecule has 2 atom stereocenters. The van der Waals surface area contributed by atoms with Crippen molar-refractivity contribution in [2.45, 2.75) is 38.7 Å². The van der Waals surface area contributed by atoms with Gasteiger partial charge in [-0.05, 0) is 18.8 Å². The monoisotopic (exact) mass is 178 g/mol. The second-order valence-corrected chi connectivity index (χ2v) is 3.63. The average Bonchev–Trinajstić information content (AvgIpc) is 2.43. The largest absolute Gasteiger partial charge is 0.387 e. The summed E-state index contributed by atoms with van der Waals surface area (Å²) in [4.78, 5) is 8.37. The number of hydrogen-bond donors (Lipinski definition) is 1. The predicted molar refractivity (Wildman–Crippen MR) is 49.4 cm³/mol. The van der Waals surface area contributed by atoms with Crippen LogP contribution in [0, 0.1) is 0 Å². The van der Waals surface area contributed by atoms with E-state index in [4.69, 9.17) is 0 Å². The molecule has 70 valence electrons. The minimum absolute atomic E-state index is 0.377. The molecule has 0 fully saturated rings. The molecule has 0 amide bonds. The van der Waals surface area contributed by atoms with E-state index in [0.717, 1.165) is 24.2 Å². The summed E-state index contributed by atoms with van der Waals surface area (Å²) in [5.41, 5.74) is 3.12. The van der Waals surface area contributed by atoms with Crippen molar-refractivity contribution < 1.29 is 5.11 Å². The van der Waals surface area contributed by atoms with Crippen molar-refractivity contribution in [3.63, 3.8) is 0 Å². The van der Waals surface area contributed by atoms with Gasteiger partial charge in [-0.2, -0.15) is 0 Å². The van der Waals surface area contributed by atoms with Crippen molar-refractivity contribution in [1.29, 1.82) is 0 Å². The lowest BCUT2D eigenvalue weighted by molar-refractivity contribution is 0.170. The van der Waals surface area contributed by atoms with Crippen molar-refractivity contribution in [2.24, 2.45) is 0 Å². The highest BCUT2D eigenvalue weighted by molar-refractivity contribution is 5.34. The molecule has 3 heteroatoms. The van der Waals surface area contributed by atoms with Crippen molar-refractivity contribution in [3.8, 4) is 0 Å². The van der Waals surface area contributed by atoms with Gasteiger partial charge in [0.05, 0.1) is 11.8 Å². The maximum atomic E-state index is 9.68. The van der Waals surface area contributed by atoms with Crippen LogP contribution in [0.2, 0.25) is 0 Å². The van der Waals surface area contributed by atoms with Crippen LogP contribution >= 0.6 is 0 Å². The number of nitrogens with zero attached hydrogens (tertiary/aromatic N) is 2. The lowest BCUT2D eigenvalue weighted by Gasteiger charge is -2.07. The first-order chi connectivity index (χ1) is 6.24. The van der Waals surface area contributed by atoms with Gasteiger partial charge in [-0.1, -0.05) is 13.8 Å². The summed E-state index contributed by atoms with van der Waals surface area (Å²) >= 11 is 0. The van der Waals surface area contributed by atoms with Crippen LogP contribution in [0.1, 0.15) is 49.2 Å². The predicted octanol–water partition coefficient (Wildman–Crippen LogP) is 1.58. The third kappa shape index (κ3) is 1.23. The molecule has 0 saturated heterocycles. The van der Waals surface area contributed by atoms with E-state index in [0.29, 0.717) is 5.92 Å². The maximum Gasteiger partial charge on any atom is 0.116 e. The zero-order valence-corrected chi connectivity index (χ0v) is 7.99. The molecule has 0 bridgehead atoms.